The second-order valence-electron chi connectivity index (χ2n) is 6.99. The Morgan fingerprint density at radius 3 is 2.42 bits per heavy atom. The Morgan fingerprint density at radius 2 is 1.74 bits per heavy atom. The number of hydrogen-bond acceptors (Lipinski definition) is 8. The van der Waals surface area contributed by atoms with Gasteiger partial charge in [-0.15, -0.1) is 0 Å². The van der Waals surface area contributed by atoms with Gasteiger partial charge < -0.3 is 20.1 Å². The van der Waals surface area contributed by atoms with E-state index in [1.54, 1.807) is 14.2 Å². The molecule has 0 atom stereocenters. The van der Waals surface area contributed by atoms with Crippen molar-refractivity contribution in [3.05, 3.63) is 69.5 Å². The molecule has 0 unspecified atom stereocenters. The number of nitro groups is 1. The van der Waals surface area contributed by atoms with E-state index in [1.807, 2.05) is 50.2 Å². The molecule has 0 aliphatic rings. The van der Waals surface area contributed by atoms with Crippen LogP contribution in [0.4, 0.5) is 23.0 Å². The number of nitrogens with zero attached hydrogens (tertiary/aromatic N) is 3. The minimum absolute atomic E-state index is 0.139. The number of aromatic nitrogens is 2. The van der Waals surface area contributed by atoms with Crippen LogP contribution >= 0.6 is 0 Å². The van der Waals surface area contributed by atoms with Crippen molar-refractivity contribution in [3.8, 4) is 11.5 Å². The Morgan fingerprint density at radius 1 is 1.00 bits per heavy atom. The van der Waals surface area contributed by atoms with E-state index in [0.717, 1.165) is 22.4 Å². The Kier molecular flexibility index (Phi) is 6.86. The lowest BCUT2D eigenvalue weighted by atomic mass is 10.1. The highest BCUT2D eigenvalue weighted by molar-refractivity contribution is 5.74. The van der Waals surface area contributed by atoms with Crippen molar-refractivity contribution in [3.63, 3.8) is 0 Å². The maximum atomic E-state index is 11.8. The second kappa shape index (κ2) is 9.75. The topological polar surface area (TPSA) is 111 Å². The van der Waals surface area contributed by atoms with E-state index in [0.29, 0.717) is 24.5 Å². The molecular weight excluding hydrogens is 398 g/mol. The van der Waals surface area contributed by atoms with Crippen molar-refractivity contribution in [1.82, 2.24) is 9.97 Å². The van der Waals surface area contributed by atoms with Gasteiger partial charge in [-0.1, -0.05) is 23.8 Å². The minimum atomic E-state index is -0.482. The molecule has 0 bridgehead atoms. The molecule has 162 valence electrons. The quantitative estimate of drug-likeness (QED) is 0.384. The average molecular weight is 423 g/mol. The Hall–Kier alpha value is -3.88. The molecule has 2 aromatic carbocycles. The third kappa shape index (κ3) is 5.19. The van der Waals surface area contributed by atoms with Gasteiger partial charge in [-0.3, -0.25) is 10.1 Å². The number of rotatable bonds is 9. The number of anilines is 3. The zero-order chi connectivity index (χ0) is 22.4. The predicted molar refractivity (Wildman–Crippen MR) is 120 cm³/mol. The summed E-state index contributed by atoms with van der Waals surface area (Å²) in [5.74, 6) is 1.58. The normalized spacial score (nSPS) is 10.5. The fourth-order valence-corrected chi connectivity index (χ4v) is 3.22. The van der Waals surface area contributed by atoms with Crippen LogP contribution in [0.3, 0.4) is 0 Å². The average Bonchev–Trinajstić information content (AvgIpc) is 2.75. The Balaban J connectivity index is 1.77. The lowest BCUT2D eigenvalue weighted by molar-refractivity contribution is -0.383. The lowest BCUT2D eigenvalue weighted by Gasteiger charge is -2.12. The van der Waals surface area contributed by atoms with Gasteiger partial charge in [0.1, 0.15) is 6.33 Å². The van der Waals surface area contributed by atoms with Crippen molar-refractivity contribution in [2.45, 2.75) is 20.3 Å². The van der Waals surface area contributed by atoms with Crippen LogP contribution in [-0.2, 0) is 6.42 Å². The first-order valence-electron chi connectivity index (χ1n) is 9.71. The molecule has 3 aromatic rings. The Labute approximate surface area is 180 Å². The van der Waals surface area contributed by atoms with E-state index < -0.39 is 4.92 Å². The van der Waals surface area contributed by atoms with E-state index in [1.165, 1.54) is 6.33 Å². The molecule has 1 aromatic heterocycles. The van der Waals surface area contributed by atoms with Crippen LogP contribution < -0.4 is 20.1 Å². The molecule has 0 saturated heterocycles. The maximum Gasteiger partial charge on any atom is 0.353 e. The SMILES string of the molecule is COc1ccc(CCNc2ncnc(Nc3ccc(C)cc3C)c2[N+](=O)[O-])cc1OC. The molecule has 0 aliphatic heterocycles. The third-order valence-corrected chi connectivity index (χ3v) is 4.79. The van der Waals surface area contributed by atoms with Gasteiger partial charge in [0, 0.05) is 12.2 Å². The van der Waals surface area contributed by atoms with Gasteiger partial charge in [-0.2, -0.15) is 0 Å². The molecule has 31 heavy (non-hydrogen) atoms. The van der Waals surface area contributed by atoms with Crippen LogP contribution in [0.5, 0.6) is 11.5 Å². The van der Waals surface area contributed by atoms with E-state index in [4.69, 9.17) is 9.47 Å². The monoisotopic (exact) mass is 423 g/mol. The highest BCUT2D eigenvalue weighted by Crippen LogP contribution is 2.32. The summed E-state index contributed by atoms with van der Waals surface area (Å²) in [6.07, 6.45) is 1.92. The number of aryl methyl sites for hydroxylation is 2. The summed E-state index contributed by atoms with van der Waals surface area (Å²) in [5, 5.41) is 17.9. The molecule has 9 nitrogen and oxygen atoms in total. The first-order valence-corrected chi connectivity index (χ1v) is 9.71. The summed E-state index contributed by atoms with van der Waals surface area (Å²) >= 11 is 0. The maximum absolute atomic E-state index is 11.8. The van der Waals surface area contributed by atoms with Crippen molar-refractivity contribution < 1.29 is 14.4 Å². The molecule has 0 fully saturated rings. The number of hydrogen-bond donors (Lipinski definition) is 2. The molecule has 9 heteroatoms. The summed E-state index contributed by atoms with van der Waals surface area (Å²) in [5.41, 5.74) is 3.63. The molecule has 0 radical (unpaired) electrons. The van der Waals surface area contributed by atoms with E-state index >= 15 is 0 Å². The predicted octanol–water partition coefficient (Wildman–Crippen LogP) is 4.42. The lowest BCUT2D eigenvalue weighted by Crippen LogP contribution is -2.11. The highest BCUT2D eigenvalue weighted by Gasteiger charge is 2.23. The summed E-state index contributed by atoms with van der Waals surface area (Å²) in [4.78, 5) is 19.5. The fraction of sp³-hybridized carbons (Fsp3) is 0.273. The van der Waals surface area contributed by atoms with Gasteiger partial charge in [-0.05, 0) is 49.6 Å². The zero-order valence-electron chi connectivity index (χ0n) is 17.9. The zero-order valence-corrected chi connectivity index (χ0v) is 17.9. The first-order chi connectivity index (χ1) is 14.9. The first kappa shape index (κ1) is 21.8. The molecule has 1 heterocycles. The van der Waals surface area contributed by atoms with Gasteiger partial charge in [0.05, 0.1) is 19.1 Å². The van der Waals surface area contributed by atoms with Crippen molar-refractivity contribution in [2.75, 3.05) is 31.4 Å². The molecule has 0 amide bonds. The van der Waals surface area contributed by atoms with Gasteiger partial charge in [0.2, 0.25) is 11.6 Å². The van der Waals surface area contributed by atoms with Crippen LogP contribution in [0.1, 0.15) is 16.7 Å². The number of methoxy groups -OCH3 is 2. The molecule has 2 N–H and O–H groups in total. The van der Waals surface area contributed by atoms with Gasteiger partial charge in [0.15, 0.2) is 11.5 Å². The van der Waals surface area contributed by atoms with Crippen molar-refractivity contribution in [1.29, 1.82) is 0 Å². The van der Waals surface area contributed by atoms with Crippen LogP contribution in [0, 0.1) is 24.0 Å². The van der Waals surface area contributed by atoms with Gasteiger partial charge in [-0.25, -0.2) is 9.97 Å². The van der Waals surface area contributed by atoms with E-state index in [9.17, 15) is 10.1 Å². The van der Waals surface area contributed by atoms with Crippen LogP contribution in [-0.4, -0.2) is 35.7 Å². The smallest absolute Gasteiger partial charge is 0.353 e. The van der Waals surface area contributed by atoms with E-state index in [-0.39, 0.29) is 17.3 Å². The summed E-state index contributed by atoms with van der Waals surface area (Å²) < 4.78 is 10.6. The van der Waals surface area contributed by atoms with Crippen molar-refractivity contribution >= 4 is 23.0 Å². The van der Waals surface area contributed by atoms with Gasteiger partial charge >= 0.3 is 5.69 Å². The van der Waals surface area contributed by atoms with E-state index in [2.05, 4.69) is 20.6 Å². The minimum Gasteiger partial charge on any atom is -0.493 e. The summed E-state index contributed by atoms with van der Waals surface area (Å²) in [7, 11) is 3.16. The van der Waals surface area contributed by atoms with Gasteiger partial charge in [0.25, 0.3) is 0 Å². The van der Waals surface area contributed by atoms with Crippen molar-refractivity contribution in [2.24, 2.45) is 0 Å². The number of ether oxygens (including phenoxy) is 2. The largest absolute Gasteiger partial charge is 0.493 e. The van der Waals surface area contributed by atoms with Crippen LogP contribution in [0.2, 0.25) is 0 Å². The Bertz CT molecular complexity index is 1090. The summed E-state index contributed by atoms with van der Waals surface area (Å²) in [6, 6.07) is 11.4. The molecule has 0 spiro atoms. The second-order valence-corrected chi connectivity index (χ2v) is 6.99. The molecule has 0 aliphatic carbocycles. The fourth-order valence-electron chi connectivity index (χ4n) is 3.22. The van der Waals surface area contributed by atoms with Crippen LogP contribution in [0.25, 0.3) is 0 Å². The summed E-state index contributed by atoms with van der Waals surface area (Å²) in [6.45, 7) is 4.37. The van der Waals surface area contributed by atoms with Crippen LogP contribution in [0.15, 0.2) is 42.7 Å². The standard InChI is InChI=1S/C22H25N5O4/c1-14-5-7-17(15(2)11-14)26-22-20(27(28)29)21(24-13-25-22)23-10-9-16-6-8-18(30-3)19(12-16)31-4/h5-8,11-13H,9-10H2,1-4H3,(H2,23,24,25,26). The number of benzene rings is 2. The molecular formula is C22H25N5O4. The molecule has 0 saturated carbocycles. The highest BCUT2D eigenvalue weighted by atomic mass is 16.6. The molecule has 3 rings (SSSR count). The number of nitrogens with one attached hydrogen (secondary N) is 2. The third-order valence-electron chi connectivity index (χ3n) is 4.79.